The predicted octanol–water partition coefficient (Wildman–Crippen LogP) is 3.19. The van der Waals surface area contributed by atoms with Gasteiger partial charge in [0.1, 0.15) is 6.61 Å². The van der Waals surface area contributed by atoms with Crippen molar-refractivity contribution < 1.29 is 9.53 Å². The second-order valence-corrected chi connectivity index (χ2v) is 5.43. The van der Waals surface area contributed by atoms with Crippen LogP contribution in [0.25, 0.3) is 0 Å². The third-order valence-corrected chi connectivity index (χ3v) is 4.35. The first-order valence-corrected chi connectivity index (χ1v) is 6.64. The minimum atomic E-state index is -0.0248. The fourth-order valence-electron chi connectivity index (χ4n) is 3.28. The Hall–Kier alpha value is -1.57. The van der Waals surface area contributed by atoms with Crippen LogP contribution in [-0.2, 0) is 16.1 Å². The van der Waals surface area contributed by atoms with Gasteiger partial charge in [-0.3, -0.25) is 4.79 Å². The highest BCUT2D eigenvalue weighted by Crippen LogP contribution is 2.48. The van der Waals surface area contributed by atoms with Gasteiger partial charge in [0.2, 0.25) is 0 Å². The molecule has 0 aromatic heterocycles. The summed E-state index contributed by atoms with van der Waals surface area (Å²) in [7, 11) is 0. The first-order chi connectivity index (χ1) is 8.75. The minimum Gasteiger partial charge on any atom is -0.461 e. The lowest BCUT2D eigenvalue weighted by Crippen LogP contribution is -2.27. The Labute approximate surface area is 108 Å². The summed E-state index contributed by atoms with van der Waals surface area (Å²) in [4.78, 5) is 12.2. The largest absolute Gasteiger partial charge is 0.461 e. The van der Waals surface area contributed by atoms with E-state index >= 15 is 0 Å². The average Bonchev–Trinajstić information content (AvgIpc) is 2.98. The Bertz CT molecular complexity index is 463. The zero-order chi connectivity index (χ0) is 12.5. The van der Waals surface area contributed by atoms with Crippen molar-refractivity contribution in [2.75, 3.05) is 0 Å². The Kier molecular flexibility index (Phi) is 2.94. The molecule has 2 nitrogen and oxygen atoms in total. The summed E-state index contributed by atoms with van der Waals surface area (Å²) in [6.07, 6.45) is 5.59. The molecular formula is C16H18O2. The Morgan fingerprint density at radius 1 is 1.22 bits per heavy atom. The quantitative estimate of drug-likeness (QED) is 0.601. The van der Waals surface area contributed by atoms with Crippen molar-refractivity contribution in [1.29, 1.82) is 0 Å². The van der Waals surface area contributed by atoms with Crippen molar-refractivity contribution >= 4 is 5.97 Å². The van der Waals surface area contributed by atoms with E-state index in [1.165, 1.54) is 0 Å². The van der Waals surface area contributed by atoms with Crippen LogP contribution in [0.4, 0.5) is 0 Å². The lowest BCUT2D eigenvalue weighted by Gasteiger charge is -2.22. The molecule has 18 heavy (non-hydrogen) atoms. The van der Waals surface area contributed by atoms with Crippen molar-refractivity contribution in [3.63, 3.8) is 0 Å². The summed E-state index contributed by atoms with van der Waals surface area (Å²) in [5, 5.41) is 0. The number of carbonyl (C=O) groups excluding carboxylic acids is 1. The Morgan fingerprint density at radius 3 is 2.61 bits per heavy atom. The normalized spacial score (nSPS) is 32.7. The average molecular weight is 242 g/mol. The van der Waals surface area contributed by atoms with Crippen LogP contribution in [0.2, 0.25) is 0 Å². The Balaban J connectivity index is 1.61. The standard InChI is InChI=1S/C16H18O2/c1-11-13-7-8-14(9-13)15(11)16(17)18-10-12-5-3-2-4-6-12/h2-8,11,13-15H,9-10H2,1H3/t11-,13+,14-,15+/m1/s1. The molecule has 1 aromatic carbocycles. The van der Waals surface area contributed by atoms with E-state index in [2.05, 4.69) is 19.1 Å². The van der Waals surface area contributed by atoms with Gasteiger partial charge in [0, 0.05) is 0 Å². The maximum absolute atomic E-state index is 12.2. The van der Waals surface area contributed by atoms with Crippen LogP contribution < -0.4 is 0 Å². The molecule has 0 amide bonds. The van der Waals surface area contributed by atoms with E-state index in [0.29, 0.717) is 24.4 Å². The maximum Gasteiger partial charge on any atom is 0.310 e. The first kappa shape index (κ1) is 11.5. The van der Waals surface area contributed by atoms with Gasteiger partial charge in [-0.2, -0.15) is 0 Å². The van der Waals surface area contributed by atoms with Gasteiger partial charge in [-0.25, -0.2) is 0 Å². The first-order valence-electron chi connectivity index (χ1n) is 6.64. The molecule has 1 fully saturated rings. The second kappa shape index (κ2) is 4.60. The lowest BCUT2D eigenvalue weighted by atomic mass is 9.84. The van der Waals surface area contributed by atoms with Crippen LogP contribution in [0.15, 0.2) is 42.5 Å². The van der Waals surface area contributed by atoms with Crippen molar-refractivity contribution in [2.24, 2.45) is 23.7 Å². The van der Waals surface area contributed by atoms with Gasteiger partial charge >= 0.3 is 5.97 Å². The number of allylic oxidation sites excluding steroid dienone is 2. The Morgan fingerprint density at radius 2 is 1.94 bits per heavy atom. The smallest absolute Gasteiger partial charge is 0.310 e. The number of carbonyl (C=O) groups is 1. The summed E-state index contributed by atoms with van der Waals surface area (Å²) >= 11 is 0. The van der Waals surface area contributed by atoms with E-state index < -0.39 is 0 Å². The van der Waals surface area contributed by atoms with Crippen LogP contribution >= 0.6 is 0 Å². The monoisotopic (exact) mass is 242 g/mol. The highest BCUT2D eigenvalue weighted by atomic mass is 16.5. The van der Waals surface area contributed by atoms with Crippen LogP contribution in [0, 0.1) is 23.7 Å². The van der Waals surface area contributed by atoms with Crippen molar-refractivity contribution in [3.05, 3.63) is 48.0 Å². The fourth-order valence-corrected chi connectivity index (χ4v) is 3.28. The molecule has 0 saturated heterocycles. The summed E-state index contributed by atoms with van der Waals surface area (Å²) in [6, 6.07) is 9.86. The molecule has 2 aliphatic rings. The number of ether oxygens (including phenoxy) is 1. The number of rotatable bonds is 3. The van der Waals surface area contributed by atoms with Gasteiger partial charge < -0.3 is 4.74 Å². The molecule has 1 aromatic rings. The van der Waals surface area contributed by atoms with E-state index in [1.807, 2.05) is 30.3 Å². The zero-order valence-electron chi connectivity index (χ0n) is 10.6. The molecule has 0 aliphatic heterocycles. The van der Waals surface area contributed by atoms with Crippen LogP contribution in [0.1, 0.15) is 18.9 Å². The minimum absolute atomic E-state index is 0.0248. The van der Waals surface area contributed by atoms with Crippen LogP contribution in [0.3, 0.4) is 0 Å². The summed E-state index contributed by atoms with van der Waals surface area (Å²) in [6.45, 7) is 2.56. The second-order valence-electron chi connectivity index (χ2n) is 5.43. The van der Waals surface area contributed by atoms with Crippen molar-refractivity contribution in [2.45, 2.75) is 20.0 Å². The molecule has 0 N–H and O–H groups in total. The lowest BCUT2D eigenvalue weighted by molar-refractivity contribution is -0.152. The summed E-state index contributed by atoms with van der Waals surface area (Å²) in [5.41, 5.74) is 1.05. The highest BCUT2D eigenvalue weighted by molar-refractivity contribution is 5.74. The van der Waals surface area contributed by atoms with E-state index in [4.69, 9.17) is 4.74 Å². The SMILES string of the molecule is C[C@H]1[C@H](C(=O)OCc2ccccc2)[C@@H]2C=C[C@H]1C2. The van der Waals surface area contributed by atoms with E-state index in [0.717, 1.165) is 12.0 Å². The van der Waals surface area contributed by atoms with Crippen LogP contribution in [0.5, 0.6) is 0 Å². The molecule has 4 atom stereocenters. The van der Waals surface area contributed by atoms with E-state index in [1.54, 1.807) is 0 Å². The van der Waals surface area contributed by atoms with Gasteiger partial charge in [-0.05, 0) is 29.7 Å². The highest BCUT2D eigenvalue weighted by Gasteiger charge is 2.46. The fraction of sp³-hybridized carbons (Fsp3) is 0.438. The number of hydrogen-bond acceptors (Lipinski definition) is 2. The number of esters is 1. The van der Waals surface area contributed by atoms with Crippen molar-refractivity contribution in [3.8, 4) is 0 Å². The number of fused-ring (bicyclic) bond motifs is 2. The molecule has 1 saturated carbocycles. The molecule has 3 rings (SSSR count). The van der Waals surface area contributed by atoms with Crippen molar-refractivity contribution in [1.82, 2.24) is 0 Å². The van der Waals surface area contributed by atoms with Gasteiger partial charge in [0.05, 0.1) is 5.92 Å². The van der Waals surface area contributed by atoms with Gasteiger partial charge in [-0.15, -0.1) is 0 Å². The van der Waals surface area contributed by atoms with Gasteiger partial charge in [0.25, 0.3) is 0 Å². The molecule has 2 heteroatoms. The molecule has 0 radical (unpaired) electrons. The van der Waals surface area contributed by atoms with Gasteiger partial charge in [0.15, 0.2) is 0 Å². The molecule has 0 spiro atoms. The van der Waals surface area contributed by atoms with E-state index in [-0.39, 0.29) is 11.9 Å². The predicted molar refractivity (Wildman–Crippen MR) is 69.6 cm³/mol. The summed E-state index contributed by atoms with van der Waals surface area (Å²) < 4.78 is 5.46. The number of hydrogen-bond donors (Lipinski definition) is 0. The maximum atomic E-state index is 12.2. The molecule has 0 unspecified atom stereocenters. The molecule has 2 aliphatic carbocycles. The number of benzene rings is 1. The molecule has 94 valence electrons. The third-order valence-electron chi connectivity index (χ3n) is 4.35. The summed E-state index contributed by atoms with van der Waals surface area (Å²) in [5.74, 6) is 1.48. The molecular weight excluding hydrogens is 224 g/mol. The van der Waals surface area contributed by atoms with E-state index in [9.17, 15) is 4.79 Å². The molecule has 2 bridgehead atoms. The third kappa shape index (κ3) is 1.96. The van der Waals surface area contributed by atoms with Gasteiger partial charge in [-0.1, -0.05) is 49.4 Å². The topological polar surface area (TPSA) is 26.3 Å². The van der Waals surface area contributed by atoms with Crippen LogP contribution in [-0.4, -0.2) is 5.97 Å². The zero-order valence-corrected chi connectivity index (χ0v) is 10.6. The molecule has 0 heterocycles.